The summed E-state index contributed by atoms with van der Waals surface area (Å²) in [5.74, 6) is -2.07. The first-order chi connectivity index (χ1) is 12.0. The average Bonchev–Trinajstić information content (AvgIpc) is 2.63. The molecule has 7 nitrogen and oxygen atoms in total. The van der Waals surface area contributed by atoms with E-state index < -0.39 is 17.2 Å². The Labute approximate surface area is 141 Å². The van der Waals surface area contributed by atoms with Gasteiger partial charge in [-0.15, -0.1) is 10.2 Å². The lowest BCUT2D eigenvalue weighted by Crippen LogP contribution is -2.41. The number of nitrogens with one attached hydrogen (secondary N) is 1. The summed E-state index contributed by atoms with van der Waals surface area (Å²) in [4.78, 5) is 28.3. The number of aromatic nitrogens is 3. The van der Waals surface area contributed by atoms with Crippen LogP contribution in [0, 0.1) is 11.6 Å². The second-order valence-corrected chi connectivity index (χ2v) is 5.57. The third-order valence-electron chi connectivity index (χ3n) is 3.90. The van der Waals surface area contributed by atoms with Crippen LogP contribution < -0.4 is 5.56 Å². The summed E-state index contributed by atoms with van der Waals surface area (Å²) in [6.07, 6.45) is 0.291. The SMILES string of the molecule is O=C(CCc1nnc(-c2ccc(F)c(F)c2)[nH]c1=O)N1CCOCC1. The van der Waals surface area contributed by atoms with Crippen LogP contribution in [-0.2, 0) is 16.0 Å². The van der Waals surface area contributed by atoms with Gasteiger partial charge in [-0.25, -0.2) is 8.78 Å². The number of benzene rings is 1. The minimum Gasteiger partial charge on any atom is -0.378 e. The van der Waals surface area contributed by atoms with Crippen LogP contribution in [0.4, 0.5) is 8.78 Å². The summed E-state index contributed by atoms with van der Waals surface area (Å²) in [6, 6.07) is 3.16. The molecule has 2 heterocycles. The van der Waals surface area contributed by atoms with E-state index in [1.54, 1.807) is 4.90 Å². The van der Waals surface area contributed by atoms with Crippen LogP contribution in [0.15, 0.2) is 23.0 Å². The Balaban J connectivity index is 1.68. The summed E-state index contributed by atoms with van der Waals surface area (Å²) in [7, 11) is 0. The molecule has 1 amide bonds. The molecule has 1 aromatic carbocycles. The first kappa shape index (κ1) is 17.2. The van der Waals surface area contributed by atoms with Crippen molar-refractivity contribution in [3.63, 3.8) is 0 Å². The van der Waals surface area contributed by atoms with Crippen LogP contribution in [0.25, 0.3) is 11.4 Å². The third-order valence-corrected chi connectivity index (χ3v) is 3.90. The second kappa shape index (κ2) is 7.47. The minimum absolute atomic E-state index is 0.0344. The number of nitrogens with zero attached hydrogens (tertiary/aromatic N) is 3. The number of ether oxygens (including phenoxy) is 1. The Kier molecular flexibility index (Phi) is 5.13. The first-order valence-electron chi connectivity index (χ1n) is 7.81. The molecular formula is C16H16F2N4O3. The molecule has 0 unspecified atom stereocenters. The molecule has 2 aromatic rings. The topological polar surface area (TPSA) is 88.2 Å². The van der Waals surface area contributed by atoms with Crippen LogP contribution in [0.2, 0.25) is 0 Å². The van der Waals surface area contributed by atoms with E-state index in [-0.39, 0.29) is 35.8 Å². The molecule has 1 N–H and O–H groups in total. The number of amides is 1. The Morgan fingerprint density at radius 3 is 2.64 bits per heavy atom. The highest BCUT2D eigenvalue weighted by atomic mass is 19.2. The zero-order valence-electron chi connectivity index (χ0n) is 13.3. The smallest absolute Gasteiger partial charge is 0.273 e. The number of aryl methyl sites for hydroxylation is 1. The molecule has 1 saturated heterocycles. The highest BCUT2D eigenvalue weighted by Crippen LogP contribution is 2.16. The zero-order chi connectivity index (χ0) is 17.8. The first-order valence-corrected chi connectivity index (χ1v) is 7.81. The fourth-order valence-electron chi connectivity index (χ4n) is 2.49. The number of morpholine rings is 1. The van der Waals surface area contributed by atoms with Crippen molar-refractivity contribution in [3.8, 4) is 11.4 Å². The molecule has 1 aliphatic rings. The van der Waals surface area contributed by atoms with Crippen molar-refractivity contribution in [2.75, 3.05) is 26.3 Å². The molecule has 0 radical (unpaired) electrons. The van der Waals surface area contributed by atoms with Crippen LogP contribution in [0.3, 0.4) is 0 Å². The lowest BCUT2D eigenvalue weighted by Gasteiger charge is -2.26. The molecule has 1 aromatic heterocycles. The normalized spacial score (nSPS) is 14.6. The lowest BCUT2D eigenvalue weighted by atomic mass is 10.2. The van der Waals surface area contributed by atoms with Gasteiger partial charge in [-0.2, -0.15) is 0 Å². The maximum Gasteiger partial charge on any atom is 0.273 e. The van der Waals surface area contributed by atoms with Gasteiger partial charge in [0.05, 0.1) is 13.2 Å². The lowest BCUT2D eigenvalue weighted by molar-refractivity contribution is -0.135. The van der Waals surface area contributed by atoms with E-state index in [1.165, 1.54) is 6.07 Å². The van der Waals surface area contributed by atoms with Crippen molar-refractivity contribution >= 4 is 5.91 Å². The molecule has 0 atom stereocenters. The molecule has 3 rings (SSSR count). The third kappa shape index (κ3) is 4.05. The maximum absolute atomic E-state index is 13.3. The summed E-state index contributed by atoms with van der Waals surface area (Å²) in [5.41, 5.74) is -0.183. The van der Waals surface area contributed by atoms with Gasteiger partial charge in [-0.05, 0) is 18.2 Å². The predicted molar refractivity (Wildman–Crippen MR) is 83.7 cm³/mol. The van der Waals surface area contributed by atoms with E-state index >= 15 is 0 Å². The number of rotatable bonds is 4. The van der Waals surface area contributed by atoms with Crippen LogP contribution >= 0.6 is 0 Å². The Hall–Kier alpha value is -2.68. The van der Waals surface area contributed by atoms with Crippen molar-refractivity contribution in [1.82, 2.24) is 20.1 Å². The van der Waals surface area contributed by atoms with Crippen LogP contribution in [0.5, 0.6) is 0 Å². The Morgan fingerprint density at radius 1 is 1.20 bits per heavy atom. The van der Waals surface area contributed by atoms with E-state index in [4.69, 9.17) is 4.74 Å². The fourth-order valence-corrected chi connectivity index (χ4v) is 2.49. The largest absolute Gasteiger partial charge is 0.378 e. The molecule has 0 saturated carbocycles. The molecule has 1 aliphatic heterocycles. The molecule has 0 aliphatic carbocycles. The van der Waals surface area contributed by atoms with E-state index in [1.807, 2.05) is 0 Å². The standard InChI is InChI=1S/C16H16F2N4O3/c17-11-2-1-10(9-12(11)18)15-19-16(24)13(20-21-15)3-4-14(23)22-5-7-25-8-6-22/h1-2,9H,3-8H2,(H,19,21,24). The number of hydrogen-bond donors (Lipinski definition) is 1. The number of halogens is 2. The van der Waals surface area contributed by atoms with Gasteiger partial charge >= 0.3 is 0 Å². The van der Waals surface area contributed by atoms with Crippen molar-refractivity contribution in [2.45, 2.75) is 12.8 Å². The van der Waals surface area contributed by atoms with Crippen molar-refractivity contribution in [1.29, 1.82) is 0 Å². The van der Waals surface area contributed by atoms with Gasteiger partial charge in [-0.3, -0.25) is 9.59 Å². The highest BCUT2D eigenvalue weighted by Gasteiger charge is 2.18. The summed E-state index contributed by atoms with van der Waals surface area (Å²) < 4.78 is 31.4. The molecule has 1 fully saturated rings. The van der Waals surface area contributed by atoms with Gasteiger partial charge in [-0.1, -0.05) is 0 Å². The van der Waals surface area contributed by atoms with Gasteiger partial charge in [0.1, 0.15) is 5.69 Å². The number of carbonyl (C=O) groups excluding carboxylic acids is 1. The van der Waals surface area contributed by atoms with Crippen molar-refractivity contribution < 1.29 is 18.3 Å². The second-order valence-electron chi connectivity index (χ2n) is 5.57. The zero-order valence-corrected chi connectivity index (χ0v) is 13.3. The molecule has 9 heteroatoms. The quantitative estimate of drug-likeness (QED) is 0.885. The number of H-pyrrole nitrogens is 1. The van der Waals surface area contributed by atoms with E-state index in [2.05, 4.69) is 15.2 Å². The molecule has 0 bridgehead atoms. The highest BCUT2D eigenvalue weighted by molar-refractivity contribution is 5.76. The van der Waals surface area contributed by atoms with Gasteiger partial charge in [0, 0.05) is 31.5 Å². The van der Waals surface area contributed by atoms with E-state index in [0.717, 1.165) is 12.1 Å². The average molecular weight is 350 g/mol. The van der Waals surface area contributed by atoms with Gasteiger partial charge < -0.3 is 14.6 Å². The van der Waals surface area contributed by atoms with Gasteiger partial charge in [0.15, 0.2) is 17.5 Å². The monoisotopic (exact) mass is 350 g/mol. The van der Waals surface area contributed by atoms with Crippen molar-refractivity contribution in [3.05, 3.63) is 45.9 Å². The maximum atomic E-state index is 13.3. The van der Waals surface area contributed by atoms with Gasteiger partial charge in [0.25, 0.3) is 5.56 Å². The molecule has 132 valence electrons. The van der Waals surface area contributed by atoms with E-state index in [9.17, 15) is 18.4 Å². The van der Waals surface area contributed by atoms with Crippen LogP contribution in [-0.4, -0.2) is 52.3 Å². The molecule has 25 heavy (non-hydrogen) atoms. The molecular weight excluding hydrogens is 334 g/mol. The molecule has 0 spiro atoms. The summed E-state index contributed by atoms with van der Waals surface area (Å²) in [6.45, 7) is 2.09. The Morgan fingerprint density at radius 2 is 1.96 bits per heavy atom. The fraction of sp³-hybridized carbons (Fsp3) is 0.375. The van der Waals surface area contributed by atoms with E-state index in [0.29, 0.717) is 26.3 Å². The summed E-state index contributed by atoms with van der Waals surface area (Å²) in [5, 5.41) is 7.65. The Bertz CT molecular complexity index is 834. The predicted octanol–water partition coefficient (Wildman–Crippen LogP) is 0.901. The summed E-state index contributed by atoms with van der Waals surface area (Å²) >= 11 is 0. The van der Waals surface area contributed by atoms with Crippen LogP contribution in [0.1, 0.15) is 12.1 Å². The number of carbonyl (C=O) groups is 1. The number of aromatic amines is 1. The van der Waals surface area contributed by atoms with Gasteiger partial charge in [0.2, 0.25) is 5.91 Å². The van der Waals surface area contributed by atoms with Crippen molar-refractivity contribution in [2.24, 2.45) is 0 Å². The number of hydrogen-bond acceptors (Lipinski definition) is 5. The minimum atomic E-state index is -1.04.